The molecular weight excluding hydrogens is 494 g/mol. The highest BCUT2D eigenvalue weighted by molar-refractivity contribution is 5.91. The Morgan fingerprint density at radius 3 is 2.59 bits per heavy atom. The third kappa shape index (κ3) is 5.17. The van der Waals surface area contributed by atoms with Crippen LogP contribution in [0.15, 0.2) is 63.9 Å². The molecule has 4 aromatic rings. The van der Waals surface area contributed by atoms with Gasteiger partial charge in [0.2, 0.25) is 5.91 Å². The maximum absolute atomic E-state index is 13.2. The van der Waals surface area contributed by atoms with E-state index in [1.54, 1.807) is 6.07 Å². The van der Waals surface area contributed by atoms with Crippen LogP contribution in [-0.2, 0) is 17.9 Å². The second-order valence-electron chi connectivity index (χ2n) is 10.8. The molecule has 0 bridgehead atoms. The fraction of sp³-hybridized carbons (Fsp3) is 0.433. The molecule has 2 aliphatic rings. The lowest BCUT2D eigenvalue weighted by Crippen LogP contribution is -2.40. The summed E-state index contributed by atoms with van der Waals surface area (Å²) in [6.45, 7) is 5.06. The second-order valence-corrected chi connectivity index (χ2v) is 10.8. The van der Waals surface area contributed by atoms with Crippen LogP contribution < -0.4 is 5.69 Å². The molecule has 1 aliphatic heterocycles. The molecule has 0 spiro atoms. The third-order valence-electron chi connectivity index (χ3n) is 7.95. The number of benzene rings is 1. The largest absolute Gasteiger partial charge is 0.454 e. The number of nitrogens with zero attached hydrogens (tertiary/aromatic N) is 4. The van der Waals surface area contributed by atoms with E-state index in [2.05, 4.69) is 16.5 Å². The molecular formula is C30H35N5O4. The van der Waals surface area contributed by atoms with E-state index in [9.17, 15) is 14.4 Å². The van der Waals surface area contributed by atoms with Crippen molar-refractivity contribution in [2.75, 3.05) is 19.6 Å². The Labute approximate surface area is 227 Å². The number of aromatic amines is 1. The first-order chi connectivity index (χ1) is 19.0. The number of imidazole rings is 1. The topological polar surface area (TPSA) is 96.5 Å². The van der Waals surface area contributed by atoms with E-state index < -0.39 is 0 Å². The van der Waals surface area contributed by atoms with Crippen molar-refractivity contribution in [1.82, 2.24) is 23.9 Å². The number of H-pyrrole nitrogens is 1. The van der Waals surface area contributed by atoms with Crippen LogP contribution in [0.5, 0.6) is 0 Å². The van der Waals surface area contributed by atoms with Gasteiger partial charge in [-0.1, -0.05) is 19.1 Å². The maximum Gasteiger partial charge on any atom is 0.326 e. The van der Waals surface area contributed by atoms with Gasteiger partial charge in [0, 0.05) is 43.5 Å². The molecule has 0 radical (unpaired) electrons. The number of hydrogen-bond donors (Lipinski definition) is 1. The van der Waals surface area contributed by atoms with E-state index in [1.807, 2.05) is 63.0 Å². The summed E-state index contributed by atoms with van der Waals surface area (Å²) in [4.78, 5) is 45.2. The fourth-order valence-corrected chi connectivity index (χ4v) is 5.73. The molecule has 2 amide bonds. The van der Waals surface area contributed by atoms with Crippen LogP contribution in [0.3, 0.4) is 0 Å². The predicted octanol–water partition coefficient (Wildman–Crippen LogP) is 4.40. The lowest BCUT2D eigenvalue weighted by Gasteiger charge is -2.32. The van der Waals surface area contributed by atoms with Crippen molar-refractivity contribution in [1.29, 1.82) is 0 Å². The summed E-state index contributed by atoms with van der Waals surface area (Å²) in [5.41, 5.74) is 2.69. The Balaban J connectivity index is 1.08. The molecule has 1 aromatic carbocycles. The lowest BCUT2D eigenvalue weighted by atomic mass is 10.0. The van der Waals surface area contributed by atoms with Crippen molar-refractivity contribution in [2.24, 2.45) is 5.92 Å². The first kappa shape index (κ1) is 25.3. The molecule has 1 saturated heterocycles. The van der Waals surface area contributed by atoms with Gasteiger partial charge < -0.3 is 23.8 Å². The van der Waals surface area contributed by atoms with Gasteiger partial charge >= 0.3 is 5.69 Å². The van der Waals surface area contributed by atoms with Crippen LogP contribution in [-0.4, -0.2) is 55.4 Å². The van der Waals surface area contributed by atoms with Gasteiger partial charge in [0.15, 0.2) is 5.76 Å². The van der Waals surface area contributed by atoms with Crippen molar-refractivity contribution in [2.45, 2.75) is 58.2 Å². The predicted molar refractivity (Wildman–Crippen MR) is 147 cm³/mol. The van der Waals surface area contributed by atoms with Crippen LogP contribution in [0.4, 0.5) is 0 Å². The van der Waals surface area contributed by atoms with Crippen LogP contribution >= 0.6 is 0 Å². The van der Waals surface area contributed by atoms with Gasteiger partial charge in [-0.15, -0.1) is 0 Å². The first-order valence-corrected chi connectivity index (χ1v) is 14.0. The number of hydrogen-bond acceptors (Lipinski definition) is 4. The quantitative estimate of drug-likeness (QED) is 0.348. The molecule has 0 atom stereocenters. The van der Waals surface area contributed by atoms with Crippen molar-refractivity contribution < 1.29 is 14.0 Å². The van der Waals surface area contributed by atoms with E-state index in [-0.39, 0.29) is 29.5 Å². The Morgan fingerprint density at radius 2 is 1.82 bits per heavy atom. The lowest BCUT2D eigenvalue weighted by molar-refractivity contribution is -0.133. The zero-order valence-corrected chi connectivity index (χ0v) is 22.3. The Kier molecular flexibility index (Phi) is 6.89. The summed E-state index contributed by atoms with van der Waals surface area (Å²) in [5, 5.41) is 0. The highest BCUT2D eigenvalue weighted by Crippen LogP contribution is 2.32. The Bertz CT molecular complexity index is 1530. The van der Waals surface area contributed by atoms with Crippen molar-refractivity contribution >= 4 is 22.8 Å². The number of amides is 2. The number of rotatable bonds is 9. The summed E-state index contributed by atoms with van der Waals surface area (Å²) in [5.74, 6) is 1.37. The van der Waals surface area contributed by atoms with Gasteiger partial charge in [0.25, 0.3) is 5.91 Å². The number of carbonyl (C=O) groups excluding carboxylic acids is 2. The molecule has 9 nitrogen and oxygen atoms in total. The fourth-order valence-electron chi connectivity index (χ4n) is 5.73. The summed E-state index contributed by atoms with van der Waals surface area (Å²) >= 11 is 0. The number of para-hydroxylation sites is 2. The van der Waals surface area contributed by atoms with Gasteiger partial charge in [0.05, 0.1) is 24.1 Å². The molecule has 39 heavy (non-hydrogen) atoms. The first-order valence-electron chi connectivity index (χ1n) is 14.0. The third-order valence-corrected chi connectivity index (χ3v) is 7.95. The Morgan fingerprint density at radius 1 is 1.03 bits per heavy atom. The minimum Gasteiger partial charge on any atom is -0.454 e. The standard InChI is InChI=1S/C30H35N5O4/c1-2-15-34(28(36)21-9-10-21)19-23-6-5-16-33(23)20-24-11-12-27(39-24)29(37)32-17-13-22(14-18-32)35-26-8-4-3-7-25(26)31-30(35)38/h3-8,11-12,16,21-22H,2,9-10,13-15,17-20H2,1H3,(H,31,38). The molecule has 6 rings (SSSR count). The van der Waals surface area contributed by atoms with Crippen molar-refractivity contribution in [3.63, 3.8) is 0 Å². The molecule has 0 unspecified atom stereocenters. The number of aromatic nitrogens is 3. The van der Waals surface area contributed by atoms with Crippen LogP contribution in [0, 0.1) is 5.92 Å². The van der Waals surface area contributed by atoms with Crippen molar-refractivity contribution in [3.8, 4) is 0 Å². The van der Waals surface area contributed by atoms with E-state index >= 15 is 0 Å². The summed E-state index contributed by atoms with van der Waals surface area (Å²) < 4.78 is 9.91. The highest BCUT2D eigenvalue weighted by atomic mass is 16.4. The zero-order valence-electron chi connectivity index (χ0n) is 22.3. The number of furan rings is 1. The molecule has 1 aliphatic carbocycles. The van der Waals surface area contributed by atoms with Crippen LogP contribution in [0.2, 0.25) is 0 Å². The van der Waals surface area contributed by atoms with Gasteiger partial charge in [-0.25, -0.2) is 4.79 Å². The normalized spacial score (nSPS) is 16.2. The maximum atomic E-state index is 13.2. The average Bonchev–Trinajstić information content (AvgIpc) is 3.38. The molecule has 2 fully saturated rings. The van der Waals surface area contributed by atoms with Gasteiger partial charge in [-0.3, -0.25) is 14.2 Å². The van der Waals surface area contributed by atoms with E-state index in [1.165, 1.54) is 0 Å². The summed E-state index contributed by atoms with van der Waals surface area (Å²) in [6.07, 6.45) is 6.34. The number of nitrogens with one attached hydrogen (secondary N) is 1. The Hall–Kier alpha value is -4.01. The van der Waals surface area contributed by atoms with Crippen LogP contribution in [0.1, 0.15) is 67.1 Å². The van der Waals surface area contributed by atoms with Gasteiger partial charge in [-0.2, -0.15) is 0 Å². The molecule has 3 aromatic heterocycles. The number of likely N-dealkylation sites (tertiary alicyclic amines) is 1. The highest BCUT2D eigenvalue weighted by Gasteiger charge is 2.33. The van der Waals surface area contributed by atoms with Crippen LogP contribution in [0.25, 0.3) is 11.0 Å². The van der Waals surface area contributed by atoms with Crippen molar-refractivity contribution in [3.05, 3.63) is 82.4 Å². The monoisotopic (exact) mass is 529 g/mol. The summed E-state index contributed by atoms with van der Waals surface area (Å²) in [7, 11) is 0. The number of piperidine rings is 1. The molecule has 204 valence electrons. The average molecular weight is 530 g/mol. The minimum atomic E-state index is -0.122. The number of carbonyl (C=O) groups is 2. The van der Waals surface area contributed by atoms with Gasteiger partial charge in [-0.05, 0) is 68.5 Å². The van der Waals surface area contributed by atoms with E-state index in [0.29, 0.717) is 50.5 Å². The minimum absolute atomic E-state index is 0.0519. The molecule has 1 N–H and O–H groups in total. The smallest absolute Gasteiger partial charge is 0.326 e. The van der Waals surface area contributed by atoms with Gasteiger partial charge in [0.1, 0.15) is 5.76 Å². The zero-order chi connectivity index (χ0) is 26.9. The van der Waals surface area contributed by atoms with E-state index in [4.69, 9.17) is 4.42 Å². The summed E-state index contributed by atoms with van der Waals surface area (Å²) in [6, 6.07) is 15.4. The number of fused-ring (bicyclic) bond motifs is 1. The SMILES string of the molecule is CCCN(Cc1cccn1Cc1ccc(C(=O)N2CCC(n3c(=O)[nH]c4ccccc43)CC2)o1)C(=O)C1CC1. The second kappa shape index (κ2) is 10.6. The molecule has 1 saturated carbocycles. The molecule has 4 heterocycles. The molecule has 9 heteroatoms. The van der Waals surface area contributed by atoms with E-state index in [0.717, 1.165) is 42.5 Å².